The molecule has 0 atom stereocenters. The molecule has 20 heavy (non-hydrogen) atoms. The zero-order chi connectivity index (χ0) is 14.4. The molecule has 1 aliphatic rings. The van der Waals surface area contributed by atoms with E-state index in [4.69, 9.17) is 4.74 Å². The molecule has 0 saturated heterocycles. The van der Waals surface area contributed by atoms with Gasteiger partial charge in [0.1, 0.15) is 0 Å². The zero-order valence-electron chi connectivity index (χ0n) is 12.0. The van der Waals surface area contributed by atoms with E-state index in [1.165, 1.54) is 19.3 Å². The third kappa shape index (κ3) is 4.60. The molecule has 1 fully saturated rings. The maximum Gasteiger partial charge on any atom is 0.252 e. The molecule has 1 amide bonds. The van der Waals surface area contributed by atoms with E-state index in [9.17, 15) is 4.79 Å². The van der Waals surface area contributed by atoms with E-state index in [0.717, 1.165) is 22.9 Å². The zero-order valence-corrected chi connectivity index (χ0v) is 13.5. The highest BCUT2D eigenvalue weighted by atomic mass is 79.9. The molecule has 0 heterocycles. The summed E-state index contributed by atoms with van der Waals surface area (Å²) in [4.78, 5) is 12.1. The van der Waals surface area contributed by atoms with Gasteiger partial charge in [-0.2, -0.15) is 0 Å². The standard InChI is InChI=1S/C16H22BrNO2/c1-12-7-8-15(17)14(11-12)16(19)18-9-10-20-13-5-3-2-4-6-13/h7-8,11,13H,2-6,9-10H2,1H3,(H,18,19). The Hall–Kier alpha value is -0.870. The number of benzene rings is 1. The first kappa shape index (κ1) is 15.5. The van der Waals surface area contributed by atoms with Crippen LogP contribution in [0.25, 0.3) is 0 Å². The molecule has 0 bridgehead atoms. The smallest absolute Gasteiger partial charge is 0.252 e. The lowest BCUT2D eigenvalue weighted by atomic mass is 9.98. The lowest BCUT2D eigenvalue weighted by molar-refractivity contribution is 0.0299. The summed E-state index contributed by atoms with van der Waals surface area (Å²) in [6.45, 7) is 3.14. The van der Waals surface area contributed by atoms with E-state index < -0.39 is 0 Å². The highest BCUT2D eigenvalue weighted by molar-refractivity contribution is 9.10. The van der Waals surface area contributed by atoms with Crippen molar-refractivity contribution < 1.29 is 9.53 Å². The maximum atomic E-state index is 12.1. The number of aryl methyl sites for hydroxylation is 1. The number of halogens is 1. The molecule has 110 valence electrons. The molecule has 0 aromatic heterocycles. The van der Waals surface area contributed by atoms with Crippen LogP contribution in [0.4, 0.5) is 0 Å². The summed E-state index contributed by atoms with van der Waals surface area (Å²) in [5.74, 6) is -0.0483. The number of rotatable bonds is 5. The normalized spacial score (nSPS) is 16.1. The van der Waals surface area contributed by atoms with Crippen molar-refractivity contribution in [3.8, 4) is 0 Å². The quantitative estimate of drug-likeness (QED) is 0.827. The monoisotopic (exact) mass is 339 g/mol. The summed E-state index contributed by atoms with van der Waals surface area (Å²) in [7, 11) is 0. The van der Waals surface area contributed by atoms with Crippen LogP contribution in [0.15, 0.2) is 22.7 Å². The predicted molar refractivity (Wildman–Crippen MR) is 84.0 cm³/mol. The van der Waals surface area contributed by atoms with Gasteiger partial charge in [0.15, 0.2) is 0 Å². The second kappa shape index (κ2) is 7.79. The summed E-state index contributed by atoms with van der Waals surface area (Å²) < 4.78 is 6.62. The van der Waals surface area contributed by atoms with Gasteiger partial charge in [-0.05, 0) is 47.8 Å². The Bertz CT molecular complexity index is 456. The van der Waals surface area contributed by atoms with Gasteiger partial charge in [-0.15, -0.1) is 0 Å². The average molecular weight is 340 g/mol. The molecule has 1 N–H and O–H groups in total. The van der Waals surface area contributed by atoms with Crippen molar-refractivity contribution in [1.82, 2.24) is 5.32 Å². The van der Waals surface area contributed by atoms with Crippen molar-refractivity contribution in [3.05, 3.63) is 33.8 Å². The van der Waals surface area contributed by atoms with Gasteiger partial charge in [-0.1, -0.05) is 30.9 Å². The molecule has 1 aromatic rings. The van der Waals surface area contributed by atoms with Gasteiger partial charge < -0.3 is 10.1 Å². The fourth-order valence-corrected chi connectivity index (χ4v) is 2.96. The van der Waals surface area contributed by atoms with E-state index in [2.05, 4.69) is 21.2 Å². The van der Waals surface area contributed by atoms with Crippen LogP contribution >= 0.6 is 15.9 Å². The van der Waals surface area contributed by atoms with Crippen molar-refractivity contribution in [3.63, 3.8) is 0 Å². The first-order chi connectivity index (χ1) is 9.66. The van der Waals surface area contributed by atoms with Crippen molar-refractivity contribution in [2.24, 2.45) is 0 Å². The molecule has 1 aliphatic carbocycles. The number of ether oxygens (including phenoxy) is 1. The summed E-state index contributed by atoms with van der Waals surface area (Å²) in [5, 5.41) is 2.91. The summed E-state index contributed by atoms with van der Waals surface area (Å²) in [6, 6.07) is 5.78. The van der Waals surface area contributed by atoms with Gasteiger partial charge in [0, 0.05) is 11.0 Å². The minimum absolute atomic E-state index is 0.0483. The molecule has 4 heteroatoms. The second-order valence-corrected chi connectivity index (χ2v) is 6.22. The molecule has 1 aromatic carbocycles. The van der Waals surface area contributed by atoms with Gasteiger partial charge in [-0.25, -0.2) is 0 Å². The Morgan fingerprint density at radius 2 is 2.10 bits per heavy atom. The van der Waals surface area contributed by atoms with Crippen molar-refractivity contribution >= 4 is 21.8 Å². The molecule has 0 radical (unpaired) electrons. The van der Waals surface area contributed by atoms with Crippen LogP contribution in [0, 0.1) is 6.92 Å². The number of hydrogen-bond donors (Lipinski definition) is 1. The van der Waals surface area contributed by atoms with E-state index in [-0.39, 0.29) is 5.91 Å². The Balaban J connectivity index is 1.73. The molecular formula is C16H22BrNO2. The van der Waals surface area contributed by atoms with Crippen LogP contribution in [0.5, 0.6) is 0 Å². The fraction of sp³-hybridized carbons (Fsp3) is 0.562. The largest absolute Gasteiger partial charge is 0.376 e. The minimum atomic E-state index is -0.0483. The third-order valence-corrected chi connectivity index (χ3v) is 4.35. The summed E-state index contributed by atoms with van der Waals surface area (Å²) in [6.07, 6.45) is 6.60. The summed E-state index contributed by atoms with van der Waals surface area (Å²) in [5.41, 5.74) is 1.76. The van der Waals surface area contributed by atoms with Gasteiger partial charge in [0.25, 0.3) is 5.91 Å². The molecular weight excluding hydrogens is 318 g/mol. The number of carbonyl (C=O) groups is 1. The lowest BCUT2D eigenvalue weighted by Gasteiger charge is -2.22. The Morgan fingerprint density at radius 3 is 2.85 bits per heavy atom. The van der Waals surface area contributed by atoms with Crippen molar-refractivity contribution in [2.45, 2.75) is 45.1 Å². The van der Waals surface area contributed by atoms with Gasteiger partial charge in [0.2, 0.25) is 0 Å². The number of hydrogen-bond acceptors (Lipinski definition) is 2. The number of nitrogens with one attached hydrogen (secondary N) is 1. The van der Waals surface area contributed by atoms with Gasteiger partial charge in [0.05, 0.1) is 18.3 Å². The molecule has 3 nitrogen and oxygen atoms in total. The van der Waals surface area contributed by atoms with Gasteiger partial charge >= 0.3 is 0 Å². The number of carbonyl (C=O) groups excluding carboxylic acids is 1. The van der Waals surface area contributed by atoms with E-state index in [0.29, 0.717) is 24.8 Å². The van der Waals surface area contributed by atoms with Crippen LogP contribution in [0.3, 0.4) is 0 Å². The van der Waals surface area contributed by atoms with Crippen molar-refractivity contribution in [1.29, 1.82) is 0 Å². The van der Waals surface area contributed by atoms with E-state index in [1.54, 1.807) is 0 Å². The Kier molecular flexibility index (Phi) is 6.05. The maximum absolute atomic E-state index is 12.1. The Morgan fingerprint density at radius 1 is 1.35 bits per heavy atom. The van der Waals surface area contributed by atoms with Crippen LogP contribution < -0.4 is 5.32 Å². The van der Waals surface area contributed by atoms with Crippen molar-refractivity contribution in [2.75, 3.05) is 13.2 Å². The fourth-order valence-electron chi connectivity index (χ4n) is 2.53. The topological polar surface area (TPSA) is 38.3 Å². The third-order valence-electron chi connectivity index (χ3n) is 3.66. The van der Waals surface area contributed by atoms with E-state index in [1.807, 2.05) is 25.1 Å². The van der Waals surface area contributed by atoms with Crippen LogP contribution in [0.1, 0.15) is 48.0 Å². The average Bonchev–Trinajstić information content (AvgIpc) is 2.47. The molecule has 2 rings (SSSR count). The lowest BCUT2D eigenvalue weighted by Crippen LogP contribution is -2.29. The van der Waals surface area contributed by atoms with Crippen LogP contribution in [0.2, 0.25) is 0 Å². The minimum Gasteiger partial charge on any atom is -0.376 e. The number of amides is 1. The highest BCUT2D eigenvalue weighted by Gasteiger charge is 2.14. The van der Waals surface area contributed by atoms with Crippen LogP contribution in [-0.4, -0.2) is 25.2 Å². The molecule has 0 unspecified atom stereocenters. The highest BCUT2D eigenvalue weighted by Crippen LogP contribution is 2.20. The SMILES string of the molecule is Cc1ccc(Br)c(C(=O)NCCOC2CCCCC2)c1. The summed E-state index contributed by atoms with van der Waals surface area (Å²) >= 11 is 3.41. The molecule has 0 spiro atoms. The first-order valence-electron chi connectivity index (χ1n) is 7.33. The van der Waals surface area contributed by atoms with Crippen LogP contribution in [-0.2, 0) is 4.74 Å². The Labute approximate surface area is 129 Å². The molecule has 1 saturated carbocycles. The molecule has 0 aliphatic heterocycles. The van der Waals surface area contributed by atoms with E-state index >= 15 is 0 Å². The van der Waals surface area contributed by atoms with Gasteiger partial charge in [-0.3, -0.25) is 4.79 Å². The first-order valence-corrected chi connectivity index (χ1v) is 8.12. The second-order valence-electron chi connectivity index (χ2n) is 5.37. The predicted octanol–water partition coefficient (Wildman–Crippen LogP) is 3.84.